The number of carboxylic acids is 1. The van der Waals surface area contributed by atoms with E-state index in [0.29, 0.717) is 17.7 Å². The number of ether oxygens (including phenoxy) is 1. The average molecular weight is 328 g/mol. The van der Waals surface area contributed by atoms with Crippen LogP contribution in [0.25, 0.3) is 0 Å². The molecule has 2 aromatic rings. The number of rotatable bonds is 4. The van der Waals surface area contributed by atoms with Gasteiger partial charge in [-0.1, -0.05) is 42.3 Å². The van der Waals surface area contributed by atoms with Crippen LogP contribution in [-0.4, -0.2) is 23.7 Å². The Morgan fingerprint density at radius 2 is 1.67 bits per heavy atom. The third-order valence-electron chi connectivity index (χ3n) is 3.40. The van der Waals surface area contributed by atoms with Crippen molar-refractivity contribution in [3.8, 4) is 0 Å². The number of aromatic carboxylic acids is 1. The zero-order chi connectivity index (χ0) is 18.1. The van der Waals surface area contributed by atoms with Crippen molar-refractivity contribution in [2.45, 2.75) is 34.1 Å². The second-order valence-electron chi connectivity index (χ2n) is 5.41. The minimum absolute atomic E-state index is 0.249. The molecule has 4 nitrogen and oxygen atoms in total. The van der Waals surface area contributed by atoms with Crippen molar-refractivity contribution in [3.05, 3.63) is 70.3 Å². The molecule has 0 aromatic heterocycles. The van der Waals surface area contributed by atoms with Crippen molar-refractivity contribution in [2.75, 3.05) is 6.61 Å². The van der Waals surface area contributed by atoms with Crippen molar-refractivity contribution in [3.63, 3.8) is 0 Å². The second-order valence-corrected chi connectivity index (χ2v) is 5.41. The van der Waals surface area contributed by atoms with Crippen LogP contribution in [0.2, 0.25) is 0 Å². The van der Waals surface area contributed by atoms with Gasteiger partial charge in [0.15, 0.2) is 0 Å². The zero-order valence-corrected chi connectivity index (χ0v) is 14.6. The van der Waals surface area contributed by atoms with E-state index in [1.165, 1.54) is 0 Å². The third-order valence-corrected chi connectivity index (χ3v) is 3.40. The fourth-order valence-electron chi connectivity index (χ4n) is 2.21. The number of carbonyl (C=O) groups excluding carboxylic acids is 1. The molecule has 1 N–H and O–H groups in total. The molecule has 2 aromatic carbocycles. The molecule has 0 amide bonds. The molecular formula is C20H24O4. The van der Waals surface area contributed by atoms with E-state index in [0.717, 1.165) is 23.1 Å². The van der Waals surface area contributed by atoms with Crippen molar-refractivity contribution in [1.82, 2.24) is 0 Å². The quantitative estimate of drug-likeness (QED) is 0.843. The van der Waals surface area contributed by atoms with Crippen LogP contribution in [0.5, 0.6) is 0 Å². The Kier molecular flexibility index (Phi) is 7.69. The average Bonchev–Trinajstić information content (AvgIpc) is 2.55. The maximum Gasteiger partial charge on any atom is 0.338 e. The molecule has 0 radical (unpaired) electrons. The van der Waals surface area contributed by atoms with Gasteiger partial charge in [-0.2, -0.15) is 0 Å². The number of hydrogen-bond donors (Lipinski definition) is 1. The van der Waals surface area contributed by atoms with Gasteiger partial charge in [-0.25, -0.2) is 9.59 Å². The Morgan fingerprint density at radius 1 is 1.00 bits per heavy atom. The fraction of sp³-hybridized carbons (Fsp3) is 0.300. The highest BCUT2D eigenvalue weighted by Gasteiger charge is 2.07. The Hall–Kier alpha value is -2.62. The Bertz CT molecular complexity index is 705. The third kappa shape index (κ3) is 5.88. The van der Waals surface area contributed by atoms with Crippen LogP contribution in [0.15, 0.2) is 42.5 Å². The molecule has 128 valence electrons. The Morgan fingerprint density at radius 3 is 2.21 bits per heavy atom. The highest BCUT2D eigenvalue weighted by molar-refractivity contribution is 5.90. The topological polar surface area (TPSA) is 63.6 Å². The van der Waals surface area contributed by atoms with Gasteiger partial charge in [0.25, 0.3) is 0 Å². The summed E-state index contributed by atoms with van der Waals surface area (Å²) in [6, 6.07) is 12.8. The highest BCUT2D eigenvalue weighted by atomic mass is 16.5. The molecule has 24 heavy (non-hydrogen) atoms. The van der Waals surface area contributed by atoms with Crippen molar-refractivity contribution in [1.29, 1.82) is 0 Å². The SMILES string of the molecule is CCOC(=O)c1cccc(C)c1.CCc1cc(C)ccc1C(=O)O. The number of esters is 1. The molecule has 0 aliphatic rings. The molecular weight excluding hydrogens is 304 g/mol. The maximum absolute atomic E-state index is 11.2. The molecule has 0 atom stereocenters. The van der Waals surface area contributed by atoms with Crippen LogP contribution in [0.1, 0.15) is 51.3 Å². The van der Waals surface area contributed by atoms with Crippen molar-refractivity contribution in [2.24, 2.45) is 0 Å². The second kappa shape index (κ2) is 9.50. The van der Waals surface area contributed by atoms with E-state index < -0.39 is 5.97 Å². The molecule has 0 heterocycles. The van der Waals surface area contributed by atoms with E-state index in [1.807, 2.05) is 51.1 Å². The summed E-state index contributed by atoms with van der Waals surface area (Å²) in [6.07, 6.45) is 0.767. The molecule has 0 spiro atoms. The molecule has 0 aliphatic carbocycles. The van der Waals surface area contributed by atoms with Gasteiger partial charge in [-0.05, 0) is 51.0 Å². The Labute approximate surface area is 143 Å². The zero-order valence-electron chi connectivity index (χ0n) is 14.6. The largest absolute Gasteiger partial charge is 0.478 e. The molecule has 0 saturated carbocycles. The van der Waals surface area contributed by atoms with Crippen molar-refractivity contribution < 1.29 is 19.4 Å². The summed E-state index contributed by atoms with van der Waals surface area (Å²) < 4.78 is 4.84. The highest BCUT2D eigenvalue weighted by Crippen LogP contribution is 2.12. The van der Waals surface area contributed by atoms with Crippen LogP contribution >= 0.6 is 0 Å². The summed E-state index contributed by atoms with van der Waals surface area (Å²) >= 11 is 0. The van der Waals surface area contributed by atoms with Gasteiger partial charge in [0.2, 0.25) is 0 Å². The molecule has 0 aliphatic heterocycles. The number of hydrogen-bond acceptors (Lipinski definition) is 3. The number of carboxylic acid groups (broad SMARTS) is 1. The predicted octanol–water partition coefficient (Wildman–Crippen LogP) is 4.43. The number of benzene rings is 2. The summed E-state index contributed by atoms with van der Waals surface area (Å²) in [4.78, 5) is 21.9. The maximum atomic E-state index is 11.2. The minimum Gasteiger partial charge on any atom is -0.478 e. The first-order valence-electron chi connectivity index (χ1n) is 7.95. The van der Waals surface area contributed by atoms with E-state index >= 15 is 0 Å². The molecule has 0 bridgehead atoms. The van der Waals surface area contributed by atoms with E-state index in [4.69, 9.17) is 9.84 Å². The summed E-state index contributed by atoms with van der Waals surface area (Å²) in [5.74, 6) is -1.09. The summed E-state index contributed by atoms with van der Waals surface area (Å²) in [7, 11) is 0. The standard InChI is InChI=1S/2C10H12O2/c1-3-8-6-7(2)4-5-9(8)10(11)12;1-3-12-10(11)9-6-4-5-8(2)7-9/h4-6H,3H2,1-2H3,(H,11,12);4-7H,3H2,1-2H3. The minimum atomic E-state index is -0.841. The summed E-state index contributed by atoms with van der Waals surface area (Å²) in [6.45, 7) is 8.09. The lowest BCUT2D eigenvalue weighted by atomic mass is 10.0. The van der Waals surface area contributed by atoms with E-state index in [1.54, 1.807) is 19.1 Å². The van der Waals surface area contributed by atoms with Gasteiger partial charge < -0.3 is 9.84 Å². The van der Waals surface area contributed by atoms with Gasteiger partial charge in [-0.15, -0.1) is 0 Å². The van der Waals surface area contributed by atoms with Gasteiger partial charge in [0, 0.05) is 0 Å². The summed E-state index contributed by atoms with van der Waals surface area (Å²) in [5.41, 5.74) is 4.12. The van der Waals surface area contributed by atoms with E-state index in [2.05, 4.69) is 0 Å². The van der Waals surface area contributed by atoms with Crippen molar-refractivity contribution >= 4 is 11.9 Å². The lowest BCUT2D eigenvalue weighted by molar-refractivity contribution is 0.0525. The van der Waals surface area contributed by atoms with Crippen LogP contribution in [0, 0.1) is 13.8 Å². The van der Waals surface area contributed by atoms with Gasteiger partial charge in [0.05, 0.1) is 17.7 Å². The first-order chi connectivity index (χ1) is 11.4. The molecule has 0 saturated heterocycles. The normalized spacial score (nSPS) is 9.67. The molecule has 0 unspecified atom stereocenters. The number of carbonyl (C=O) groups is 2. The molecule has 2 rings (SSSR count). The molecule has 4 heteroatoms. The first-order valence-corrected chi connectivity index (χ1v) is 7.95. The molecule has 0 fully saturated rings. The van der Waals surface area contributed by atoms with Crippen LogP contribution < -0.4 is 0 Å². The van der Waals surface area contributed by atoms with Crippen LogP contribution in [0.4, 0.5) is 0 Å². The van der Waals surface area contributed by atoms with Gasteiger partial charge in [0.1, 0.15) is 0 Å². The smallest absolute Gasteiger partial charge is 0.338 e. The fourth-order valence-corrected chi connectivity index (χ4v) is 2.21. The predicted molar refractivity (Wildman–Crippen MR) is 94.7 cm³/mol. The lowest BCUT2D eigenvalue weighted by Gasteiger charge is -2.03. The van der Waals surface area contributed by atoms with Crippen LogP contribution in [-0.2, 0) is 11.2 Å². The van der Waals surface area contributed by atoms with Gasteiger partial charge >= 0.3 is 11.9 Å². The van der Waals surface area contributed by atoms with Gasteiger partial charge in [-0.3, -0.25) is 0 Å². The van der Waals surface area contributed by atoms with E-state index in [9.17, 15) is 9.59 Å². The summed E-state index contributed by atoms with van der Waals surface area (Å²) in [5, 5.41) is 8.79. The number of aryl methyl sites for hydroxylation is 3. The first kappa shape index (κ1) is 19.4. The van der Waals surface area contributed by atoms with Crippen LogP contribution in [0.3, 0.4) is 0 Å². The van der Waals surface area contributed by atoms with E-state index in [-0.39, 0.29) is 5.97 Å². The Balaban J connectivity index is 0.000000240. The lowest BCUT2D eigenvalue weighted by Crippen LogP contribution is -2.04. The monoisotopic (exact) mass is 328 g/mol.